The van der Waals surface area contributed by atoms with E-state index in [1.807, 2.05) is 43.3 Å². The van der Waals surface area contributed by atoms with Crippen molar-refractivity contribution in [2.45, 2.75) is 18.9 Å². The lowest BCUT2D eigenvalue weighted by Gasteiger charge is -2.30. The van der Waals surface area contributed by atoms with Gasteiger partial charge >= 0.3 is 5.97 Å². The molecule has 0 spiro atoms. The fourth-order valence-electron chi connectivity index (χ4n) is 2.66. The fraction of sp³-hybridized carbons (Fsp3) is 0.500. The van der Waals surface area contributed by atoms with E-state index < -0.39 is 11.4 Å². The summed E-state index contributed by atoms with van der Waals surface area (Å²) in [5, 5.41) is 9.45. The molecule has 0 saturated heterocycles. The molecule has 18 heavy (non-hydrogen) atoms. The Labute approximate surface area is 107 Å². The summed E-state index contributed by atoms with van der Waals surface area (Å²) in [4.78, 5) is 13.5. The number of hydrogen-bond acceptors (Lipinski definition) is 3. The highest BCUT2D eigenvalue weighted by molar-refractivity contribution is 5.79. The predicted octanol–water partition coefficient (Wildman–Crippen LogP) is 2.16. The third kappa shape index (κ3) is 2.08. The Morgan fingerprint density at radius 1 is 1.44 bits per heavy atom. The Kier molecular flexibility index (Phi) is 3.30. The van der Waals surface area contributed by atoms with Crippen LogP contribution < -0.4 is 4.74 Å². The van der Waals surface area contributed by atoms with Gasteiger partial charge in [-0.3, -0.25) is 4.79 Å². The largest absolute Gasteiger partial charge is 0.497 e. The Hall–Kier alpha value is -1.55. The number of ether oxygens (including phenoxy) is 1. The van der Waals surface area contributed by atoms with Crippen molar-refractivity contribution in [3.8, 4) is 5.75 Å². The molecule has 0 aliphatic heterocycles. The van der Waals surface area contributed by atoms with Crippen LogP contribution >= 0.6 is 0 Å². The summed E-state index contributed by atoms with van der Waals surface area (Å²) in [5.41, 5.74) is 0.370. The van der Waals surface area contributed by atoms with Gasteiger partial charge in [-0.15, -0.1) is 0 Å². The van der Waals surface area contributed by atoms with Gasteiger partial charge in [0.2, 0.25) is 0 Å². The summed E-state index contributed by atoms with van der Waals surface area (Å²) in [5.74, 6) is 0.0598. The molecule has 4 heteroatoms. The highest BCUT2D eigenvalue weighted by atomic mass is 16.5. The quantitative estimate of drug-likeness (QED) is 0.868. The van der Waals surface area contributed by atoms with Gasteiger partial charge in [0.05, 0.1) is 18.6 Å². The van der Waals surface area contributed by atoms with Crippen LogP contribution in [0.5, 0.6) is 5.75 Å². The zero-order valence-electron chi connectivity index (χ0n) is 11.0. The minimum Gasteiger partial charge on any atom is -0.497 e. The number of carboxylic acid groups (broad SMARTS) is 1. The van der Waals surface area contributed by atoms with E-state index in [0.29, 0.717) is 0 Å². The molecule has 1 aliphatic carbocycles. The number of nitrogens with zero attached hydrogens (tertiary/aromatic N) is 1. The van der Waals surface area contributed by atoms with E-state index >= 15 is 0 Å². The van der Waals surface area contributed by atoms with Crippen molar-refractivity contribution in [2.75, 3.05) is 21.2 Å². The number of carbonyl (C=O) groups is 1. The molecule has 1 N–H and O–H groups in total. The molecule has 1 aromatic rings. The van der Waals surface area contributed by atoms with E-state index in [4.69, 9.17) is 4.74 Å². The number of rotatable bonds is 5. The number of hydrogen-bond donors (Lipinski definition) is 1. The van der Waals surface area contributed by atoms with Gasteiger partial charge in [-0.25, -0.2) is 0 Å². The van der Waals surface area contributed by atoms with Gasteiger partial charge in [-0.05, 0) is 44.6 Å². The van der Waals surface area contributed by atoms with E-state index in [0.717, 1.165) is 24.2 Å². The highest BCUT2D eigenvalue weighted by Crippen LogP contribution is 2.57. The van der Waals surface area contributed by atoms with Crippen LogP contribution in [-0.2, 0) is 4.79 Å². The van der Waals surface area contributed by atoms with Crippen LogP contribution in [0.1, 0.15) is 24.4 Å². The van der Waals surface area contributed by atoms with Gasteiger partial charge in [0, 0.05) is 0 Å². The topological polar surface area (TPSA) is 49.8 Å². The Morgan fingerprint density at radius 2 is 2.11 bits per heavy atom. The maximum absolute atomic E-state index is 11.5. The average Bonchev–Trinajstić information content (AvgIpc) is 3.10. The van der Waals surface area contributed by atoms with E-state index in [2.05, 4.69) is 0 Å². The second kappa shape index (κ2) is 4.61. The van der Waals surface area contributed by atoms with Gasteiger partial charge in [-0.2, -0.15) is 0 Å². The van der Waals surface area contributed by atoms with Gasteiger partial charge in [0.25, 0.3) is 0 Å². The van der Waals surface area contributed by atoms with E-state index in [1.54, 1.807) is 7.11 Å². The highest BCUT2D eigenvalue weighted by Gasteiger charge is 2.57. The first kappa shape index (κ1) is 12.9. The van der Waals surface area contributed by atoms with Gasteiger partial charge in [0.15, 0.2) is 0 Å². The molecule has 0 bridgehead atoms. The second-order valence-electron chi connectivity index (χ2n) is 5.10. The van der Waals surface area contributed by atoms with Crippen molar-refractivity contribution < 1.29 is 14.6 Å². The molecular weight excluding hydrogens is 230 g/mol. The molecule has 1 saturated carbocycles. The van der Waals surface area contributed by atoms with Crippen LogP contribution in [0, 0.1) is 5.41 Å². The first-order valence-electron chi connectivity index (χ1n) is 6.05. The first-order valence-corrected chi connectivity index (χ1v) is 6.05. The van der Waals surface area contributed by atoms with Crippen molar-refractivity contribution in [3.63, 3.8) is 0 Å². The Balaban J connectivity index is 2.39. The van der Waals surface area contributed by atoms with Gasteiger partial charge < -0.3 is 14.7 Å². The Bertz CT molecular complexity index is 452. The smallest absolute Gasteiger partial charge is 0.311 e. The maximum atomic E-state index is 11.5. The van der Waals surface area contributed by atoms with Crippen LogP contribution in [0.3, 0.4) is 0 Å². The molecule has 2 rings (SSSR count). The molecular formula is C14H19NO3. The summed E-state index contributed by atoms with van der Waals surface area (Å²) in [6, 6.07) is 7.56. The normalized spacial score (nSPS) is 18.4. The minimum absolute atomic E-state index is 0.106. The number of benzene rings is 1. The summed E-state index contributed by atoms with van der Waals surface area (Å²) in [7, 11) is 5.47. The zero-order chi connectivity index (χ0) is 13.3. The average molecular weight is 249 g/mol. The summed E-state index contributed by atoms with van der Waals surface area (Å²) in [6.45, 7) is 0. The van der Waals surface area contributed by atoms with Crippen LogP contribution in [-0.4, -0.2) is 37.2 Å². The summed E-state index contributed by atoms with van der Waals surface area (Å²) < 4.78 is 5.21. The molecule has 0 amide bonds. The van der Waals surface area contributed by atoms with Crippen LogP contribution in [0.2, 0.25) is 0 Å². The van der Waals surface area contributed by atoms with Crippen molar-refractivity contribution in [2.24, 2.45) is 5.41 Å². The predicted molar refractivity (Wildman–Crippen MR) is 68.7 cm³/mol. The van der Waals surface area contributed by atoms with Crippen LogP contribution in [0.15, 0.2) is 24.3 Å². The molecule has 0 radical (unpaired) electrons. The lowest BCUT2D eigenvalue weighted by Crippen LogP contribution is -2.33. The maximum Gasteiger partial charge on any atom is 0.311 e. The first-order chi connectivity index (χ1) is 8.51. The molecule has 1 atom stereocenters. The van der Waals surface area contributed by atoms with Gasteiger partial charge in [0.1, 0.15) is 5.75 Å². The number of methoxy groups -OCH3 is 1. The molecule has 1 aromatic carbocycles. The monoisotopic (exact) mass is 249 g/mol. The van der Waals surface area contributed by atoms with Gasteiger partial charge in [-0.1, -0.05) is 12.1 Å². The SMILES string of the molecule is COc1cccc(C(N(C)C)C2(C(=O)O)CC2)c1. The van der Waals surface area contributed by atoms with Crippen molar-refractivity contribution in [1.82, 2.24) is 4.90 Å². The fourth-order valence-corrected chi connectivity index (χ4v) is 2.66. The molecule has 0 heterocycles. The molecule has 0 aromatic heterocycles. The van der Waals surface area contributed by atoms with Crippen molar-refractivity contribution >= 4 is 5.97 Å². The third-order valence-corrected chi connectivity index (χ3v) is 3.66. The summed E-state index contributed by atoms with van der Waals surface area (Å²) in [6.07, 6.45) is 1.48. The standard InChI is InChI=1S/C14H19NO3/c1-15(2)12(14(7-8-14)13(16)17)10-5-4-6-11(9-10)18-3/h4-6,9,12H,7-8H2,1-3H3,(H,16,17). The number of carboxylic acids is 1. The zero-order valence-corrected chi connectivity index (χ0v) is 11.0. The minimum atomic E-state index is -0.705. The van der Waals surface area contributed by atoms with Crippen molar-refractivity contribution in [1.29, 1.82) is 0 Å². The van der Waals surface area contributed by atoms with Crippen LogP contribution in [0.4, 0.5) is 0 Å². The van der Waals surface area contributed by atoms with Crippen LogP contribution in [0.25, 0.3) is 0 Å². The van der Waals surface area contributed by atoms with E-state index in [1.165, 1.54) is 0 Å². The Morgan fingerprint density at radius 3 is 2.56 bits per heavy atom. The van der Waals surface area contributed by atoms with E-state index in [-0.39, 0.29) is 6.04 Å². The molecule has 1 unspecified atom stereocenters. The third-order valence-electron chi connectivity index (χ3n) is 3.66. The molecule has 98 valence electrons. The summed E-state index contributed by atoms with van der Waals surface area (Å²) >= 11 is 0. The lowest BCUT2D eigenvalue weighted by atomic mass is 9.89. The van der Waals surface area contributed by atoms with E-state index in [9.17, 15) is 9.90 Å². The number of aliphatic carboxylic acids is 1. The molecule has 1 aliphatic rings. The second-order valence-corrected chi connectivity index (χ2v) is 5.10. The lowest BCUT2D eigenvalue weighted by molar-refractivity contribution is -0.146. The molecule has 1 fully saturated rings. The molecule has 4 nitrogen and oxygen atoms in total. The van der Waals surface area contributed by atoms with Crippen molar-refractivity contribution in [3.05, 3.63) is 29.8 Å².